The van der Waals surface area contributed by atoms with E-state index < -0.39 is 0 Å². The van der Waals surface area contributed by atoms with Gasteiger partial charge in [0.05, 0.1) is 17.4 Å². The number of nitrogens with one attached hydrogen (secondary N) is 1. The molecule has 1 atom stereocenters. The summed E-state index contributed by atoms with van der Waals surface area (Å²) in [6.07, 6.45) is 8.25. The van der Waals surface area contributed by atoms with Crippen LogP contribution in [0.1, 0.15) is 57.5 Å². The van der Waals surface area contributed by atoms with E-state index in [1.54, 1.807) is 12.3 Å². The molecular formula is C29H30BrN5O. The molecule has 184 valence electrons. The molecule has 0 saturated heterocycles. The minimum atomic E-state index is -0.0610. The van der Waals surface area contributed by atoms with Crippen LogP contribution in [-0.4, -0.2) is 25.8 Å². The minimum Gasteiger partial charge on any atom is -0.324 e. The Bertz CT molecular complexity index is 1250. The number of benzene rings is 1. The summed E-state index contributed by atoms with van der Waals surface area (Å²) in [5, 5.41) is 3.44. The van der Waals surface area contributed by atoms with Crippen molar-refractivity contribution >= 4 is 22.9 Å². The number of carbonyl (C=O) groups is 1. The van der Waals surface area contributed by atoms with Gasteiger partial charge in [0.25, 0.3) is 5.91 Å². The molecule has 1 aromatic carbocycles. The van der Waals surface area contributed by atoms with Crippen LogP contribution in [0.5, 0.6) is 0 Å². The summed E-state index contributed by atoms with van der Waals surface area (Å²) in [6, 6.07) is 23.9. The van der Waals surface area contributed by atoms with Gasteiger partial charge in [0.2, 0.25) is 0 Å². The van der Waals surface area contributed by atoms with Gasteiger partial charge in [-0.2, -0.15) is 0 Å². The van der Waals surface area contributed by atoms with E-state index in [2.05, 4.69) is 50.6 Å². The van der Waals surface area contributed by atoms with Crippen LogP contribution < -0.4 is 5.32 Å². The van der Waals surface area contributed by atoms with Crippen LogP contribution in [0.3, 0.4) is 0 Å². The average Bonchev–Trinajstić information content (AvgIpc) is 2.93. The number of hydrogen-bond acceptors (Lipinski definition) is 5. The maximum absolute atomic E-state index is 13.6. The van der Waals surface area contributed by atoms with E-state index in [9.17, 15) is 4.79 Å². The van der Waals surface area contributed by atoms with E-state index in [1.165, 1.54) is 11.1 Å². The van der Waals surface area contributed by atoms with E-state index in [4.69, 9.17) is 0 Å². The molecular weight excluding hydrogens is 514 g/mol. The fourth-order valence-electron chi connectivity index (χ4n) is 4.65. The minimum absolute atomic E-state index is 0. The summed E-state index contributed by atoms with van der Waals surface area (Å²) >= 11 is 0. The third-order valence-corrected chi connectivity index (χ3v) is 6.42. The molecule has 0 fully saturated rings. The normalized spacial score (nSPS) is 14.4. The fourth-order valence-corrected chi connectivity index (χ4v) is 4.65. The molecule has 0 saturated carbocycles. The number of fused-ring (bicyclic) bond motifs is 1. The maximum Gasteiger partial charge on any atom is 0.273 e. The van der Waals surface area contributed by atoms with Gasteiger partial charge < -0.3 is 10.2 Å². The number of nitrogens with zero attached hydrogens (tertiary/aromatic N) is 4. The summed E-state index contributed by atoms with van der Waals surface area (Å²) in [5.74, 6) is -0.0600. The van der Waals surface area contributed by atoms with Crippen molar-refractivity contribution in [1.29, 1.82) is 0 Å². The molecule has 5 rings (SSSR count). The van der Waals surface area contributed by atoms with Crippen molar-refractivity contribution in [2.45, 2.75) is 44.9 Å². The Hall–Kier alpha value is -3.42. The fraction of sp³-hybridized carbons (Fsp3) is 0.241. The first kappa shape index (κ1) is 25.7. The van der Waals surface area contributed by atoms with E-state index in [-0.39, 0.29) is 28.9 Å². The summed E-state index contributed by atoms with van der Waals surface area (Å²) < 4.78 is 0. The number of hydrogen-bond donors (Lipinski definition) is 1. The second kappa shape index (κ2) is 12.5. The quantitative estimate of drug-likeness (QED) is 0.319. The van der Waals surface area contributed by atoms with Crippen LogP contribution in [0.25, 0.3) is 0 Å². The lowest BCUT2D eigenvalue weighted by Gasteiger charge is -2.35. The van der Waals surface area contributed by atoms with Gasteiger partial charge in [-0.3, -0.25) is 19.7 Å². The predicted octanol–water partition coefficient (Wildman–Crippen LogP) is 5.46. The zero-order valence-corrected chi connectivity index (χ0v) is 21.8. The number of halogens is 1. The first-order chi connectivity index (χ1) is 17.3. The second-order valence-electron chi connectivity index (χ2n) is 8.84. The number of amides is 1. The molecule has 4 aromatic rings. The number of aromatic nitrogens is 3. The van der Waals surface area contributed by atoms with E-state index in [1.807, 2.05) is 53.7 Å². The van der Waals surface area contributed by atoms with Crippen molar-refractivity contribution in [1.82, 2.24) is 25.2 Å². The van der Waals surface area contributed by atoms with Crippen molar-refractivity contribution in [3.63, 3.8) is 0 Å². The molecule has 0 spiro atoms. The highest BCUT2D eigenvalue weighted by atomic mass is 79.9. The van der Waals surface area contributed by atoms with Crippen LogP contribution in [-0.2, 0) is 26.1 Å². The predicted molar refractivity (Wildman–Crippen MR) is 146 cm³/mol. The van der Waals surface area contributed by atoms with E-state index in [0.29, 0.717) is 12.2 Å². The third-order valence-electron chi connectivity index (χ3n) is 6.42. The molecule has 3 heterocycles. The Balaban J connectivity index is 0.00000304. The molecule has 0 aliphatic heterocycles. The highest BCUT2D eigenvalue weighted by Gasteiger charge is 2.31. The van der Waals surface area contributed by atoms with E-state index in [0.717, 1.165) is 49.3 Å². The molecule has 1 aliphatic carbocycles. The van der Waals surface area contributed by atoms with Gasteiger partial charge in [0, 0.05) is 38.2 Å². The van der Waals surface area contributed by atoms with Gasteiger partial charge in [-0.1, -0.05) is 42.5 Å². The molecule has 6 nitrogen and oxygen atoms in total. The monoisotopic (exact) mass is 543 g/mol. The highest BCUT2D eigenvalue weighted by Crippen LogP contribution is 2.34. The summed E-state index contributed by atoms with van der Waals surface area (Å²) in [4.78, 5) is 28.9. The molecule has 0 radical (unpaired) electrons. The van der Waals surface area contributed by atoms with Gasteiger partial charge >= 0.3 is 0 Å². The standard InChI is InChI=1S/C29H29N5O.BrH/c35-29(26-10-2-4-17-32-26)34(27-11-5-7-24-8-6-18-33-28(24)27)21-23-14-12-22(13-15-23)19-30-20-25-9-1-3-16-31-25;/h1-4,6,8-10,12-18,27,30H,5,7,11,19-21H2;1H. The molecule has 1 unspecified atom stereocenters. The van der Waals surface area contributed by atoms with Crippen LogP contribution in [0.2, 0.25) is 0 Å². The number of rotatable bonds is 8. The third kappa shape index (κ3) is 6.22. The largest absolute Gasteiger partial charge is 0.324 e. The van der Waals surface area contributed by atoms with E-state index >= 15 is 0 Å². The molecule has 36 heavy (non-hydrogen) atoms. The van der Waals surface area contributed by atoms with Crippen molar-refractivity contribution in [3.8, 4) is 0 Å². The lowest BCUT2D eigenvalue weighted by atomic mass is 9.90. The first-order valence-corrected chi connectivity index (χ1v) is 12.1. The van der Waals surface area contributed by atoms with Crippen molar-refractivity contribution in [3.05, 3.63) is 125 Å². The van der Waals surface area contributed by atoms with Crippen LogP contribution in [0.4, 0.5) is 0 Å². The topological polar surface area (TPSA) is 71.0 Å². The van der Waals surface area contributed by atoms with Gasteiger partial charge in [-0.15, -0.1) is 17.0 Å². The number of pyridine rings is 3. The summed E-state index contributed by atoms with van der Waals surface area (Å²) in [7, 11) is 0. The lowest BCUT2D eigenvalue weighted by Crippen LogP contribution is -2.37. The Morgan fingerprint density at radius 3 is 2.33 bits per heavy atom. The van der Waals surface area contributed by atoms with Gasteiger partial charge in [-0.25, -0.2) is 0 Å². The van der Waals surface area contributed by atoms with Crippen molar-refractivity contribution in [2.24, 2.45) is 0 Å². The zero-order valence-electron chi connectivity index (χ0n) is 20.1. The van der Waals surface area contributed by atoms with Gasteiger partial charge in [0.1, 0.15) is 5.69 Å². The molecule has 0 bridgehead atoms. The van der Waals surface area contributed by atoms with Crippen molar-refractivity contribution in [2.75, 3.05) is 0 Å². The molecule has 1 N–H and O–H groups in total. The SMILES string of the molecule is Br.O=C(c1ccccn1)N(Cc1ccc(CNCc2ccccn2)cc1)C1CCCc2cccnc21. The molecule has 3 aromatic heterocycles. The van der Waals surface area contributed by atoms with Crippen LogP contribution >= 0.6 is 17.0 Å². The Morgan fingerprint density at radius 2 is 1.58 bits per heavy atom. The summed E-state index contributed by atoms with van der Waals surface area (Å²) in [5.41, 5.74) is 6.01. The number of aryl methyl sites for hydroxylation is 1. The molecule has 7 heteroatoms. The van der Waals surface area contributed by atoms with Crippen molar-refractivity contribution < 1.29 is 4.79 Å². The number of carbonyl (C=O) groups excluding carboxylic acids is 1. The van der Waals surface area contributed by atoms with Gasteiger partial charge in [0.15, 0.2) is 0 Å². The first-order valence-electron chi connectivity index (χ1n) is 12.1. The Morgan fingerprint density at radius 1 is 0.833 bits per heavy atom. The smallest absolute Gasteiger partial charge is 0.273 e. The maximum atomic E-state index is 13.6. The van der Waals surface area contributed by atoms with Crippen LogP contribution in [0.15, 0.2) is 91.4 Å². The highest BCUT2D eigenvalue weighted by molar-refractivity contribution is 8.93. The summed E-state index contributed by atoms with van der Waals surface area (Å²) in [6.45, 7) is 1.99. The Labute approximate surface area is 222 Å². The second-order valence-corrected chi connectivity index (χ2v) is 8.84. The van der Waals surface area contributed by atoms with Gasteiger partial charge in [-0.05, 0) is 66.3 Å². The molecule has 1 aliphatic rings. The lowest BCUT2D eigenvalue weighted by molar-refractivity contribution is 0.0626. The molecule has 1 amide bonds. The Kier molecular flexibility index (Phi) is 8.92. The zero-order chi connectivity index (χ0) is 23.9. The van der Waals surface area contributed by atoms with Crippen LogP contribution in [0, 0.1) is 0 Å². The average molecular weight is 544 g/mol.